The Kier molecular flexibility index (Phi) is 9.09. The molecule has 3 aromatic rings. The van der Waals surface area contributed by atoms with E-state index < -0.39 is 10.0 Å². The molecule has 0 atom stereocenters. The predicted molar refractivity (Wildman–Crippen MR) is 166 cm³/mol. The highest BCUT2D eigenvalue weighted by molar-refractivity contribution is 7.93. The molecule has 6 heteroatoms. The largest absolute Gasteiger partial charge is 0.396 e. The Hall–Kier alpha value is -2.93. The van der Waals surface area contributed by atoms with Gasteiger partial charge in [0.1, 0.15) is 0 Å². The number of allylic oxidation sites excluding steroid dienone is 1. The van der Waals surface area contributed by atoms with Gasteiger partial charge in [-0.3, -0.25) is 4.72 Å². The number of nitrogens with zero attached hydrogens (tertiary/aromatic N) is 1. The van der Waals surface area contributed by atoms with E-state index in [1.807, 2.05) is 42.5 Å². The lowest BCUT2D eigenvalue weighted by atomic mass is 9.85. The van der Waals surface area contributed by atoms with Gasteiger partial charge in [0.05, 0.1) is 5.25 Å². The van der Waals surface area contributed by atoms with Crippen LogP contribution >= 0.6 is 0 Å². The van der Waals surface area contributed by atoms with Gasteiger partial charge in [-0.25, -0.2) is 8.42 Å². The summed E-state index contributed by atoms with van der Waals surface area (Å²) in [4.78, 5) is 2.56. The van der Waals surface area contributed by atoms with E-state index in [1.54, 1.807) is 0 Å². The minimum absolute atomic E-state index is 0.125. The van der Waals surface area contributed by atoms with Crippen LogP contribution in [0.5, 0.6) is 0 Å². The van der Waals surface area contributed by atoms with E-state index in [9.17, 15) is 13.5 Å². The van der Waals surface area contributed by atoms with Crippen LogP contribution in [0.25, 0.3) is 11.1 Å². The number of piperidine rings is 1. The number of anilines is 1. The maximum absolute atomic E-state index is 12.5. The summed E-state index contributed by atoms with van der Waals surface area (Å²) in [6.45, 7) is 6.97. The molecular formula is C34H42N2O3S. The molecule has 0 spiro atoms. The average Bonchev–Trinajstić information content (AvgIpc) is 3.83. The number of benzene rings is 3. The molecular weight excluding hydrogens is 516 g/mol. The number of aliphatic hydroxyl groups excluding tert-OH is 1. The number of rotatable bonds is 11. The first-order valence-corrected chi connectivity index (χ1v) is 16.3. The van der Waals surface area contributed by atoms with E-state index in [2.05, 4.69) is 59.9 Å². The van der Waals surface area contributed by atoms with Crippen LogP contribution in [0.4, 0.5) is 5.69 Å². The molecule has 0 amide bonds. The second kappa shape index (κ2) is 12.7. The highest BCUT2D eigenvalue weighted by atomic mass is 32.2. The van der Waals surface area contributed by atoms with Gasteiger partial charge >= 0.3 is 0 Å². The Morgan fingerprint density at radius 1 is 0.850 bits per heavy atom. The molecule has 1 saturated carbocycles. The second-order valence-electron chi connectivity index (χ2n) is 11.5. The van der Waals surface area contributed by atoms with Crippen molar-refractivity contribution in [1.29, 1.82) is 0 Å². The molecule has 0 bridgehead atoms. The summed E-state index contributed by atoms with van der Waals surface area (Å²) in [5.74, 6) is 0.582. The van der Waals surface area contributed by atoms with Gasteiger partial charge in [0.15, 0.2) is 0 Å². The quantitative estimate of drug-likeness (QED) is 0.251. The maximum atomic E-state index is 12.5. The average molecular weight is 559 g/mol. The third-order valence-electron chi connectivity index (χ3n) is 8.34. The first kappa shape index (κ1) is 28.6. The summed E-state index contributed by atoms with van der Waals surface area (Å²) in [7, 11) is -3.31. The van der Waals surface area contributed by atoms with Gasteiger partial charge in [-0.05, 0) is 117 Å². The molecule has 1 saturated heterocycles. The molecule has 212 valence electrons. The zero-order valence-corrected chi connectivity index (χ0v) is 24.5. The molecule has 0 radical (unpaired) electrons. The summed E-state index contributed by atoms with van der Waals surface area (Å²) in [5, 5.41) is 9.46. The van der Waals surface area contributed by atoms with Crippen molar-refractivity contribution in [3.63, 3.8) is 0 Å². The smallest absolute Gasteiger partial charge is 0.235 e. The summed E-state index contributed by atoms with van der Waals surface area (Å²) in [5.41, 5.74) is 7.59. The Bertz CT molecular complexity index is 1390. The fourth-order valence-corrected chi connectivity index (χ4v) is 7.21. The van der Waals surface area contributed by atoms with Crippen molar-refractivity contribution in [1.82, 2.24) is 4.90 Å². The molecule has 1 heterocycles. The third-order valence-corrected chi connectivity index (χ3v) is 10.2. The van der Waals surface area contributed by atoms with E-state index in [4.69, 9.17) is 0 Å². The van der Waals surface area contributed by atoms with Crippen LogP contribution in [0, 0.1) is 0 Å². The molecule has 5 nitrogen and oxygen atoms in total. The molecule has 0 unspecified atom stereocenters. The summed E-state index contributed by atoms with van der Waals surface area (Å²) < 4.78 is 27.7. The number of likely N-dealkylation sites (tertiary alicyclic amines) is 1. The zero-order chi connectivity index (χ0) is 28.1. The van der Waals surface area contributed by atoms with Gasteiger partial charge in [-0.15, -0.1) is 0 Å². The number of hydrogen-bond donors (Lipinski definition) is 2. The molecule has 1 aliphatic heterocycles. The molecule has 3 aromatic carbocycles. The second-order valence-corrected chi connectivity index (χ2v) is 13.5. The van der Waals surface area contributed by atoms with Crippen molar-refractivity contribution in [2.45, 2.75) is 69.6 Å². The molecule has 1 aliphatic carbocycles. The number of hydrogen-bond acceptors (Lipinski definition) is 4. The Morgan fingerprint density at radius 3 is 2.00 bits per heavy atom. The van der Waals surface area contributed by atoms with Crippen molar-refractivity contribution in [3.8, 4) is 0 Å². The molecule has 2 fully saturated rings. The highest BCUT2D eigenvalue weighted by Crippen LogP contribution is 2.37. The van der Waals surface area contributed by atoms with E-state index in [1.165, 1.54) is 24.0 Å². The lowest BCUT2D eigenvalue weighted by Gasteiger charge is -2.34. The van der Waals surface area contributed by atoms with Crippen LogP contribution in [-0.4, -0.2) is 49.4 Å². The molecule has 2 N–H and O–H groups in total. The Labute approximate surface area is 240 Å². The summed E-state index contributed by atoms with van der Waals surface area (Å²) >= 11 is 0. The van der Waals surface area contributed by atoms with Gasteiger partial charge in [0, 0.05) is 18.3 Å². The minimum atomic E-state index is -3.31. The van der Waals surface area contributed by atoms with Crippen LogP contribution in [0.1, 0.15) is 80.5 Å². The van der Waals surface area contributed by atoms with Crippen molar-refractivity contribution in [2.24, 2.45) is 0 Å². The summed E-state index contributed by atoms with van der Waals surface area (Å²) in [6, 6.07) is 27.8. The van der Waals surface area contributed by atoms with E-state index in [0.29, 0.717) is 24.1 Å². The fraction of sp³-hybridized carbons (Fsp3) is 0.412. The Balaban J connectivity index is 1.50. The normalized spacial score (nSPS) is 17.6. The van der Waals surface area contributed by atoms with Crippen molar-refractivity contribution in [3.05, 3.63) is 101 Å². The highest BCUT2D eigenvalue weighted by Gasteiger charge is 2.35. The first-order chi connectivity index (χ1) is 19.4. The van der Waals surface area contributed by atoms with Crippen LogP contribution in [0.3, 0.4) is 0 Å². The lowest BCUT2D eigenvalue weighted by molar-refractivity contribution is 0.172. The van der Waals surface area contributed by atoms with Crippen molar-refractivity contribution >= 4 is 26.9 Å². The topological polar surface area (TPSA) is 69.6 Å². The molecule has 5 rings (SSSR count). The van der Waals surface area contributed by atoms with Crippen molar-refractivity contribution < 1.29 is 13.5 Å². The van der Waals surface area contributed by atoms with Crippen LogP contribution in [0.2, 0.25) is 0 Å². The van der Waals surface area contributed by atoms with Crippen LogP contribution < -0.4 is 4.72 Å². The predicted octanol–water partition coefficient (Wildman–Crippen LogP) is 6.91. The fourth-order valence-electron chi connectivity index (χ4n) is 5.83. The monoisotopic (exact) mass is 558 g/mol. The maximum Gasteiger partial charge on any atom is 0.235 e. The molecule has 0 aromatic heterocycles. The number of aliphatic hydroxyl groups is 1. The van der Waals surface area contributed by atoms with Gasteiger partial charge in [-0.1, -0.05) is 66.7 Å². The van der Waals surface area contributed by atoms with Gasteiger partial charge < -0.3 is 10.0 Å². The SMILES string of the molecule is CC(C)N1CCC(c2ccc(/C(=C(/CCCO)c3ccccc3)c3ccc(NS(=O)(=O)C4CC4)cc3)cc2)CC1. The summed E-state index contributed by atoms with van der Waals surface area (Å²) in [6.07, 6.45) is 5.24. The van der Waals surface area contributed by atoms with E-state index in [0.717, 1.165) is 54.6 Å². The van der Waals surface area contributed by atoms with E-state index in [-0.39, 0.29) is 11.9 Å². The van der Waals surface area contributed by atoms with Gasteiger partial charge in [-0.2, -0.15) is 0 Å². The Morgan fingerprint density at radius 2 is 1.45 bits per heavy atom. The lowest BCUT2D eigenvalue weighted by Crippen LogP contribution is -2.37. The number of nitrogens with one attached hydrogen (secondary N) is 1. The first-order valence-electron chi connectivity index (χ1n) is 14.7. The van der Waals surface area contributed by atoms with Crippen molar-refractivity contribution in [2.75, 3.05) is 24.4 Å². The van der Waals surface area contributed by atoms with Gasteiger partial charge in [0.2, 0.25) is 10.0 Å². The zero-order valence-electron chi connectivity index (χ0n) is 23.7. The van der Waals surface area contributed by atoms with Crippen LogP contribution in [-0.2, 0) is 10.0 Å². The molecule has 40 heavy (non-hydrogen) atoms. The standard InChI is InChI=1S/C34H42N2O3S/c1-25(2)36-22-20-27(21-23-36)26-10-12-29(13-11-26)34(33(9-6-24-37)28-7-4-3-5-8-28)30-14-16-31(17-15-30)35-40(38,39)32-18-19-32/h3-5,7-8,10-17,25,27,32,35,37H,6,9,18-24H2,1-2H3/b34-33+. The minimum Gasteiger partial charge on any atom is -0.396 e. The van der Waals surface area contributed by atoms with Gasteiger partial charge in [0.25, 0.3) is 0 Å². The third kappa shape index (κ3) is 6.85. The molecule has 2 aliphatic rings. The van der Waals surface area contributed by atoms with E-state index >= 15 is 0 Å². The number of sulfonamides is 1. The van der Waals surface area contributed by atoms with Crippen LogP contribution in [0.15, 0.2) is 78.9 Å².